The first-order valence-corrected chi connectivity index (χ1v) is 5.71. The largest absolute Gasteiger partial charge is 0.337 e. The standard InChI is InChI=1S/C11H14ClN3O/c12-10-4-3-8(6-14-10)11(16)15-5-1-2-9(13)7-15/h3-4,6,9H,1-2,5,7,13H2/t9-/m0/s1. The highest BCUT2D eigenvalue weighted by molar-refractivity contribution is 6.29. The van der Waals surface area contributed by atoms with Gasteiger partial charge in [0.25, 0.3) is 5.91 Å². The average Bonchev–Trinajstić information content (AvgIpc) is 2.29. The summed E-state index contributed by atoms with van der Waals surface area (Å²) >= 11 is 5.67. The number of aromatic nitrogens is 1. The van der Waals surface area contributed by atoms with Crippen molar-refractivity contribution in [3.63, 3.8) is 0 Å². The molecule has 0 unspecified atom stereocenters. The zero-order valence-corrected chi connectivity index (χ0v) is 9.65. The molecule has 5 heteroatoms. The maximum Gasteiger partial charge on any atom is 0.255 e. The summed E-state index contributed by atoms with van der Waals surface area (Å²) in [5.74, 6) is -0.0145. The smallest absolute Gasteiger partial charge is 0.255 e. The summed E-state index contributed by atoms with van der Waals surface area (Å²) in [6.07, 6.45) is 3.46. The van der Waals surface area contributed by atoms with E-state index in [0.717, 1.165) is 19.4 Å². The van der Waals surface area contributed by atoms with E-state index >= 15 is 0 Å². The molecule has 1 fully saturated rings. The van der Waals surface area contributed by atoms with Crippen LogP contribution in [0.25, 0.3) is 0 Å². The number of nitrogens with zero attached hydrogens (tertiary/aromatic N) is 2. The molecule has 2 heterocycles. The number of rotatable bonds is 1. The van der Waals surface area contributed by atoms with Crippen molar-refractivity contribution in [1.29, 1.82) is 0 Å². The fourth-order valence-electron chi connectivity index (χ4n) is 1.88. The molecule has 0 saturated carbocycles. The molecule has 1 aromatic heterocycles. The van der Waals surface area contributed by atoms with Crippen molar-refractivity contribution in [2.45, 2.75) is 18.9 Å². The van der Waals surface area contributed by atoms with Crippen LogP contribution in [0.5, 0.6) is 0 Å². The van der Waals surface area contributed by atoms with Crippen LogP contribution in [0.3, 0.4) is 0 Å². The summed E-state index contributed by atoms with van der Waals surface area (Å²) in [4.78, 5) is 17.7. The molecular weight excluding hydrogens is 226 g/mol. The first kappa shape index (κ1) is 11.4. The Morgan fingerprint density at radius 1 is 1.56 bits per heavy atom. The van der Waals surface area contributed by atoms with Gasteiger partial charge in [0.15, 0.2) is 0 Å². The number of nitrogens with two attached hydrogens (primary N) is 1. The van der Waals surface area contributed by atoms with E-state index in [1.54, 1.807) is 17.0 Å². The zero-order valence-electron chi connectivity index (χ0n) is 8.90. The maximum atomic E-state index is 12.0. The molecule has 1 aromatic rings. The molecule has 0 bridgehead atoms. The highest BCUT2D eigenvalue weighted by Crippen LogP contribution is 2.13. The van der Waals surface area contributed by atoms with Gasteiger partial charge in [-0.1, -0.05) is 11.6 Å². The lowest BCUT2D eigenvalue weighted by atomic mass is 10.1. The van der Waals surface area contributed by atoms with Gasteiger partial charge in [0.05, 0.1) is 5.56 Å². The van der Waals surface area contributed by atoms with Gasteiger partial charge in [-0.05, 0) is 25.0 Å². The fourth-order valence-corrected chi connectivity index (χ4v) is 1.99. The lowest BCUT2D eigenvalue weighted by Crippen LogP contribution is -2.45. The number of carbonyl (C=O) groups excluding carboxylic acids is 1. The van der Waals surface area contributed by atoms with E-state index in [1.165, 1.54) is 6.20 Å². The van der Waals surface area contributed by atoms with Gasteiger partial charge in [0.1, 0.15) is 5.15 Å². The molecule has 16 heavy (non-hydrogen) atoms. The molecule has 0 aliphatic carbocycles. The molecule has 1 aliphatic rings. The van der Waals surface area contributed by atoms with E-state index in [4.69, 9.17) is 17.3 Å². The maximum absolute atomic E-state index is 12.0. The Morgan fingerprint density at radius 3 is 3.00 bits per heavy atom. The molecule has 1 atom stereocenters. The Balaban J connectivity index is 2.09. The lowest BCUT2D eigenvalue weighted by molar-refractivity contribution is 0.0708. The predicted molar refractivity (Wildman–Crippen MR) is 62.4 cm³/mol. The zero-order chi connectivity index (χ0) is 11.5. The van der Waals surface area contributed by atoms with Crippen molar-refractivity contribution in [3.8, 4) is 0 Å². The molecule has 86 valence electrons. The lowest BCUT2D eigenvalue weighted by Gasteiger charge is -2.30. The molecule has 0 spiro atoms. The monoisotopic (exact) mass is 239 g/mol. The van der Waals surface area contributed by atoms with Gasteiger partial charge in [-0.25, -0.2) is 4.98 Å². The summed E-state index contributed by atoms with van der Waals surface area (Å²) in [5, 5.41) is 0.395. The topological polar surface area (TPSA) is 59.2 Å². The van der Waals surface area contributed by atoms with Crippen molar-refractivity contribution in [1.82, 2.24) is 9.88 Å². The van der Waals surface area contributed by atoms with Crippen LogP contribution in [-0.2, 0) is 0 Å². The number of pyridine rings is 1. The summed E-state index contributed by atoms with van der Waals surface area (Å²) in [5.41, 5.74) is 6.40. The molecule has 2 N–H and O–H groups in total. The summed E-state index contributed by atoms with van der Waals surface area (Å²) in [6.45, 7) is 1.40. The minimum atomic E-state index is -0.0145. The summed E-state index contributed by atoms with van der Waals surface area (Å²) in [7, 11) is 0. The average molecular weight is 240 g/mol. The second kappa shape index (κ2) is 4.80. The Labute approximate surface area is 99.4 Å². The summed E-state index contributed by atoms with van der Waals surface area (Å²) < 4.78 is 0. The van der Waals surface area contributed by atoms with Gasteiger partial charge < -0.3 is 10.6 Å². The quantitative estimate of drug-likeness (QED) is 0.752. The van der Waals surface area contributed by atoms with Crippen LogP contribution in [0.4, 0.5) is 0 Å². The molecule has 1 saturated heterocycles. The number of likely N-dealkylation sites (tertiary alicyclic amines) is 1. The van der Waals surface area contributed by atoms with Crippen molar-refractivity contribution in [2.24, 2.45) is 5.73 Å². The van der Waals surface area contributed by atoms with Gasteiger partial charge >= 0.3 is 0 Å². The molecule has 1 amide bonds. The van der Waals surface area contributed by atoms with E-state index in [-0.39, 0.29) is 11.9 Å². The third-order valence-electron chi connectivity index (χ3n) is 2.72. The number of piperidine rings is 1. The van der Waals surface area contributed by atoms with E-state index in [9.17, 15) is 4.79 Å². The second-order valence-corrected chi connectivity index (χ2v) is 4.41. The van der Waals surface area contributed by atoms with Crippen molar-refractivity contribution >= 4 is 17.5 Å². The van der Waals surface area contributed by atoms with Gasteiger partial charge in [0.2, 0.25) is 0 Å². The first-order valence-electron chi connectivity index (χ1n) is 5.33. The highest BCUT2D eigenvalue weighted by Gasteiger charge is 2.22. The van der Waals surface area contributed by atoms with Crippen LogP contribution >= 0.6 is 11.6 Å². The molecule has 1 aliphatic heterocycles. The molecule has 4 nitrogen and oxygen atoms in total. The molecule has 2 rings (SSSR count). The van der Waals surface area contributed by atoms with Gasteiger partial charge in [-0.2, -0.15) is 0 Å². The van der Waals surface area contributed by atoms with Crippen molar-refractivity contribution < 1.29 is 4.79 Å². The Hall–Kier alpha value is -1.13. The first-order chi connectivity index (χ1) is 7.66. The third-order valence-corrected chi connectivity index (χ3v) is 2.94. The van der Waals surface area contributed by atoms with Gasteiger partial charge in [0, 0.05) is 25.3 Å². The molecule has 0 aromatic carbocycles. The number of amides is 1. The van der Waals surface area contributed by atoms with E-state index < -0.39 is 0 Å². The van der Waals surface area contributed by atoms with Crippen LogP contribution in [0.2, 0.25) is 5.15 Å². The van der Waals surface area contributed by atoms with Crippen LogP contribution in [0.1, 0.15) is 23.2 Å². The minimum Gasteiger partial charge on any atom is -0.337 e. The Kier molecular flexibility index (Phi) is 3.41. The highest BCUT2D eigenvalue weighted by atomic mass is 35.5. The van der Waals surface area contributed by atoms with Crippen molar-refractivity contribution in [3.05, 3.63) is 29.0 Å². The SMILES string of the molecule is N[C@H]1CCCN(C(=O)c2ccc(Cl)nc2)C1. The van der Waals surface area contributed by atoms with E-state index in [1.807, 2.05) is 0 Å². The van der Waals surface area contributed by atoms with Gasteiger partial charge in [-0.15, -0.1) is 0 Å². The predicted octanol–water partition coefficient (Wildman–Crippen LogP) is 1.30. The number of hydrogen-bond donors (Lipinski definition) is 1. The van der Waals surface area contributed by atoms with Crippen LogP contribution in [-0.4, -0.2) is 34.9 Å². The third kappa shape index (κ3) is 2.51. The van der Waals surface area contributed by atoms with Crippen LogP contribution in [0, 0.1) is 0 Å². The molecular formula is C11H14ClN3O. The van der Waals surface area contributed by atoms with Gasteiger partial charge in [-0.3, -0.25) is 4.79 Å². The normalized spacial score (nSPS) is 20.9. The Bertz CT molecular complexity index is 379. The molecule has 0 radical (unpaired) electrons. The Morgan fingerprint density at radius 2 is 2.38 bits per heavy atom. The fraction of sp³-hybridized carbons (Fsp3) is 0.455. The minimum absolute atomic E-state index is 0.0145. The van der Waals surface area contributed by atoms with Crippen LogP contribution < -0.4 is 5.73 Å². The number of carbonyl (C=O) groups is 1. The number of hydrogen-bond acceptors (Lipinski definition) is 3. The van der Waals surface area contributed by atoms with E-state index in [2.05, 4.69) is 4.98 Å². The van der Waals surface area contributed by atoms with E-state index in [0.29, 0.717) is 17.3 Å². The van der Waals surface area contributed by atoms with Crippen molar-refractivity contribution in [2.75, 3.05) is 13.1 Å². The number of halogens is 1. The second-order valence-electron chi connectivity index (χ2n) is 4.02. The summed E-state index contributed by atoms with van der Waals surface area (Å²) in [6, 6.07) is 3.41. The van der Waals surface area contributed by atoms with Crippen LogP contribution in [0.15, 0.2) is 18.3 Å².